The van der Waals surface area contributed by atoms with E-state index in [2.05, 4.69) is 0 Å². The maximum absolute atomic E-state index is 13.6. The third kappa shape index (κ3) is 2.19. The molecule has 0 aromatic heterocycles. The lowest BCUT2D eigenvalue weighted by molar-refractivity contribution is 0.0997. The predicted octanol–water partition coefficient (Wildman–Crippen LogP) is 3.38. The monoisotopic (exact) mass is 267 g/mol. The van der Waals surface area contributed by atoms with Crippen LogP contribution in [0.5, 0.6) is 0 Å². The summed E-state index contributed by atoms with van der Waals surface area (Å²) < 4.78 is 26.6. The smallest absolute Gasteiger partial charge is 0.252 e. The van der Waals surface area contributed by atoms with E-state index in [1.807, 2.05) is 0 Å². The van der Waals surface area contributed by atoms with Crippen LogP contribution in [0.1, 0.15) is 10.4 Å². The Morgan fingerprint density at radius 3 is 2.44 bits per heavy atom. The quantitative estimate of drug-likeness (QED) is 0.890. The number of halogens is 3. The number of carbonyl (C=O) groups excluding carboxylic acids is 1. The maximum atomic E-state index is 13.6. The van der Waals surface area contributed by atoms with Gasteiger partial charge in [0.2, 0.25) is 0 Å². The number of primary amides is 1. The van der Waals surface area contributed by atoms with Gasteiger partial charge in [-0.2, -0.15) is 0 Å². The molecule has 2 nitrogen and oxygen atoms in total. The summed E-state index contributed by atoms with van der Waals surface area (Å²) in [5.74, 6) is -2.19. The Morgan fingerprint density at radius 1 is 1.11 bits per heavy atom. The molecule has 0 saturated heterocycles. The van der Waals surface area contributed by atoms with Crippen molar-refractivity contribution in [2.24, 2.45) is 5.73 Å². The summed E-state index contributed by atoms with van der Waals surface area (Å²) in [6, 6.07) is 7.96. The highest BCUT2D eigenvalue weighted by Gasteiger charge is 2.15. The Bertz CT molecular complexity index is 628. The average molecular weight is 268 g/mol. The van der Waals surface area contributed by atoms with E-state index < -0.39 is 17.5 Å². The lowest BCUT2D eigenvalue weighted by Gasteiger charge is -2.08. The first-order valence-electron chi connectivity index (χ1n) is 5.04. The van der Waals surface area contributed by atoms with E-state index in [0.717, 1.165) is 12.1 Å². The number of carbonyl (C=O) groups is 1. The second-order valence-electron chi connectivity index (χ2n) is 3.66. The van der Waals surface area contributed by atoms with Crippen molar-refractivity contribution in [3.05, 3.63) is 58.6 Å². The molecule has 0 spiro atoms. The predicted molar refractivity (Wildman–Crippen MR) is 65.3 cm³/mol. The van der Waals surface area contributed by atoms with Gasteiger partial charge in [0.25, 0.3) is 5.91 Å². The van der Waals surface area contributed by atoms with Crippen molar-refractivity contribution in [3.63, 3.8) is 0 Å². The molecule has 2 rings (SSSR count). The molecule has 1 amide bonds. The first kappa shape index (κ1) is 12.5. The van der Waals surface area contributed by atoms with Gasteiger partial charge in [0.1, 0.15) is 11.6 Å². The van der Waals surface area contributed by atoms with Crippen molar-refractivity contribution >= 4 is 17.5 Å². The van der Waals surface area contributed by atoms with Gasteiger partial charge in [-0.3, -0.25) is 4.79 Å². The molecule has 0 aliphatic heterocycles. The van der Waals surface area contributed by atoms with Crippen LogP contribution in [0.15, 0.2) is 36.4 Å². The van der Waals surface area contributed by atoms with Crippen LogP contribution < -0.4 is 5.73 Å². The van der Waals surface area contributed by atoms with Crippen LogP contribution in [0.4, 0.5) is 8.78 Å². The van der Waals surface area contributed by atoms with Crippen molar-refractivity contribution in [3.8, 4) is 11.1 Å². The summed E-state index contributed by atoms with van der Waals surface area (Å²) in [5.41, 5.74) is 5.61. The first-order valence-corrected chi connectivity index (χ1v) is 5.42. The minimum Gasteiger partial charge on any atom is -0.365 e. The zero-order valence-electron chi connectivity index (χ0n) is 9.08. The van der Waals surface area contributed by atoms with E-state index in [9.17, 15) is 13.6 Å². The third-order valence-electron chi connectivity index (χ3n) is 2.49. The molecule has 18 heavy (non-hydrogen) atoms. The fourth-order valence-electron chi connectivity index (χ4n) is 1.68. The van der Waals surface area contributed by atoms with Crippen molar-refractivity contribution < 1.29 is 13.6 Å². The molecule has 0 atom stereocenters. The molecule has 0 radical (unpaired) electrons. The number of amides is 1. The molecule has 0 saturated carbocycles. The van der Waals surface area contributed by atoms with Gasteiger partial charge >= 0.3 is 0 Å². The number of hydrogen-bond donors (Lipinski definition) is 1. The summed E-state index contributed by atoms with van der Waals surface area (Å²) in [5, 5.41) is -0.104. The summed E-state index contributed by atoms with van der Waals surface area (Å²) in [6.45, 7) is 0. The highest BCUT2D eigenvalue weighted by atomic mass is 35.5. The molecular formula is C13H8ClF2NO. The van der Waals surface area contributed by atoms with E-state index in [1.165, 1.54) is 24.3 Å². The van der Waals surface area contributed by atoms with Crippen LogP contribution >= 0.6 is 11.6 Å². The second kappa shape index (κ2) is 4.74. The zero-order chi connectivity index (χ0) is 13.3. The summed E-state index contributed by atoms with van der Waals surface area (Å²) in [7, 11) is 0. The molecule has 5 heteroatoms. The molecule has 2 N–H and O–H groups in total. The number of hydrogen-bond acceptors (Lipinski definition) is 1. The van der Waals surface area contributed by atoms with Gasteiger partial charge in [-0.25, -0.2) is 8.78 Å². The van der Waals surface area contributed by atoms with Gasteiger partial charge in [-0.05, 0) is 29.3 Å². The van der Waals surface area contributed by atoms with Crippen LogP contribution in [0.2, 0.25) is 5.02 Å². The normalized spacial score (nSPS) is 10.4. The summed E-state index contributed by atoms with van der Waals surface area (Å²) >= 11 is 5.65. The highest BCUT2D eigenvalue weighted by Crippen LogP contribution is 2.28. The van der Waals surface area contributed by atoms with E-state index in [1.54, 1.807) is 0 Å². The minimum absolute atomic E-state index is 0.104. The Hall–Kier alpha value is -1.94. The van der Waals surface area contributed by atoms with Crippen molar-refractivity contribution in [2.75, 3.05) is 0 Å². The number of rotatable bonds is 2. The van der Waals surface area contributed by atoms with Crippen molar-refractivity contribution in [2.45, 2.75) is 0 Å². The fraction of sp³-hybridized carbons (Fsp3) is 0. The Balaban J connectivity index is 2.67. The lowest BCUT2D eigenvalue weighted by atomic mass is 9.99. The molecule has 0 fully saturated rings. The molecular weight excluding hydrogens is 260 g/mol. The minimum atomic E-state index is -0.886. The Morgan fingerprint density at radius 2 is 1.83 bits per heavy atom. The highest BCUT2D eigenvalue weighted by molar-refractivity contribution is 6.31. The molecule has 2 aromatic carbocycles. The van der Waals surface area contributed by atoms with E-state index >= 15 is 0 Å². The van der Waals surface area contributed by atoms with Gasteiger partial charge in [0.05, 0.1) is 10.6 Å². The SMILES string of the molecule is NC(=O)c1c(F)cccc1-c1ccc(F)c(Cl)c1. The summed E-state index contributed by atoms with van der Waals surface area (Å²) in [6.07, 6.45) is 0. The van der Waals surface area contributed by atoms with Crippen LogP contribution in [0.25, 0.3) is 11.1 Å². The van der Waals surface area contributed by atoms with Crippen LogP contribution in [-0.4, -0.2) is 5.91 Å². The second-order valence-corrected chi connectivity index (χ2v) is 4.06. The maximum Gasteiger partial charge on any atom is 0.252 e. The molecule has 2 aromatic rings. The van der Waals surface area contributed by atoms with Gasteiger partial charge in [-0.1, -0.05) is 29.8 Å². The molecule has 0 bridgehead atoms. The van der Waals surface area contributed by atoms with Gasteiger partial charge in [0.15, 0.2) is 0 Å². The molecule has 0 aliphatic rings. The van der Waals surface area contributed by atoms with Gasteiger partial charge in [0, 0.05) is 0 Å². The van der Waals surface area contributed by atoms with Crippen LogP contribution in [-0.2, 0) is 0 Å². The van der Waals surface area contributed by atoms with Gasteiger partial charge < -0.3 is 5.73 Å². The van der Waals surface area contributed by atoms with Crippen LogP contribution in [0, 0.1) is 11.6 Å². The average Bonchev–Trinajstić information content (AvgIpc) is 2.32. The number of benzene rings is 2. The molecule has 92 valence electrons. The van der Waals surface area contributed by atoms with E-state index in [0.29, 0.717) is 5.56 Å². The third-order valence-corrected chi connectivity index (χ3v) is 2.78. The van der Waals surface area contributed by atoms with E-state index in [4.69, 9.17) is 17.3 Å². The number of nitrogens with two attached hydrogens (primary N) is 1. The zero-order valence-corrected chi connectivity index (χ0v) is 9.84. The summed E-state index contributed by atoms with van der Waals surface area (Å²) in [4.78, 5) is 11.2. The fourth-order valence-corrected chi connectivity index (χ4v) is 1.86. The lowest BCUT2D eigenvalue weighted by Crippen LogP contribution is -2.14. The largest absolute Gasteiger partial charge is 0.365 e. The first-order chi connectivity index (χ1) is 8.50. The molecule has 0 aliphatic carbocycles. The Labute approximate surface area is 107 Å². The van der Waals surface area contributed by atoms with Crippen molar-refractivity contribution in [1.29, 1.82) is 0 Å². The molecule has 0 heterocycles. The van der Waals surface area contributed by atoms with Gasteiger partial charge in [-0.15, -0.1) is 0 Å². The molecule has 0 unspecified atom stereocenters. The van der Waals surface area contributed by atoms with E-state index in [-0.39, 0.29) is 16.1 Å². The van der Waals surface area contributed by atoms with Crippen LogP contribution in [0.3, 0.4) is 0 Å². The standard InChI is InChI=1S/C13H8ClF2NO/c14-9-6-7(4-5-10(9)15)8-2-1-3-11(16)12(8)13(17)18/h1-6H,(H2,17,18). The Kier molecular flexibility index (Phi) is 3.30. The van der Waals surface area contributed by atoms with Crippen molar-refractivity contribution in [1.82, 2.24) is 0 Å². The topological polar surface area (TPSA) is 43.1 Å².